The van der Waals surface area contributed by atoms with Gasteiger partial charge in [0.15, 0.2) is 0 Å². The smallest absolute Gasteiger partial charge is 0.139 e. The second-order valence-electron chi connectivity index (χ2n) is 7.47. The van der Waals surface area contributed by atoms with E-state index in [0.29, 0.717) is 6.73 Å². The molecule has 0 spiro atoms. The normalized spacial score (nSPS) is 12.2. The Balaban J connectivity index is 1.78. The summed E-state index contributed by atoms with van der Waals surface area (Å²) in [5, 5.41) is 5.64. The highest BCUT2D eigenvalue weighted by molar-refractivity contribution is 9.10. The Morgan fingerprint density at radius 2 is 2.00 bits per heavy atom. The minimum Gasteiger partial charge on any atom is -0.360 e. The molecule has 25 heavy (non-hydrogen) atoms. The molecule has 0 fully saturated rings. The van der Waals surface area contributed by atoms with Crippen LogP contribution in [0, 0.1) is 0 Å². The fraction of sp³-hybridized carbons (Fsp3) is 0.444. The molecule has 0 atom stereocenters. The van der Waals surface area contributed by atoms with Gasteiger partial charge in [-0.15, -0.1) is 0 Å². The van der Waals surface area contributed by atoms with E-state index in [1.54, 1.807) is 0 Å². The fourth-order valence-corrected chi connectivity index (χ4v) is 3.85. The molecule has 134 valence electrons. The molecule has 0 saturated heterocycles. The van der Waals surface area contributed by atoms with Crippen molar-refractivity contribution in [3.8, 4) is 11.1 Å². The lowest BCUT2D eigenvalue weighted by Gasteiger charge is -2.15. The van der Waals surface area contributed by atoms with Gasteiger partial charge in [0.1, 0.15) is 11.3 Å². The lowest BCUT2D eigenvalue weighted by atomic mass is 10.1. The average Bonchev–Trinajstić information content (AvgIpc) is 3.14. The first-order chi connectivity index (χ1) is 11.9. The van der Waals surface area contributed by atoms with Crippen LogP contribution in [0.4, 0.5) is 0 Å². The van der Waals surface area contributed by atoms with Gasteiger partial charge in [0.2, 0.25) is 0 Å². The van der Waals surface area contributed by atoms with E-state index in [4.69, 9.17) is 4.74 Å². The maximum Gasteiger partial charge on any atom is 0.139 e. The Kier molecular flexibility index (Phi) is 5.45. The van der Waals surface area contributed by atoms with Crippen LogP contribution < -0.4 is 0 Å². The summed E-state index contributed by atoms with van der Waals surface area (Å²) >= 11 is 3.48. The van der Waals surface area contributed by atoms with Crippen molar-refractivity contribution in [2.45, 2.75) is 45.9 Å². The zero-order chi connectivity index (χ0) is 18.0. The molecule has 0 radical (unpaired) electrons. The molecule has 3 heterocycles. The lowest BCUT2D eigenvalue weighted by molar-refractivity contribution is 0.0786. The zero-order valence-electron chi connectivity index (χ0n) is 15.3. The van der Waals surface area contributed by atoms with Crippen LogP contribution in [0.5, 0.6) is 0 Å². The molecule has 0 N–H and O–H groups in total. The molecule has 0 aliphatic rings. The second kappa shape index (κ2) is 7.43. The average molecular weight is 421 g/mol. The molecule has 3 aromatic heterocycles. The van der Waals surface area contributed by atoms with Gasteiger partial charge in [-0.25, -0.2) is 9.67 Å². The van der Waals surface area contributed by atoms with Gasteiger partial charge >= 0.3 is 0 Å². The number of ether oxygens (including phenoxy) is 1. The van der Waals surface area contributed by atoms with Gasteiger partial charge in [-0.1, -0.05) is 19.6 Å². The van der Waals surface area contributed by atoms with E-state index in [2.05, 4.69) is 75.6 Å². The highest BCUT2D eigenvalue weighted by Crippen LogP contribution is 2.31. The summed E-state index contributed by atoms with van der Waals surface area (Å²) in [4.78, 5) is 4.36. The standard InChI is InChI=1S/C18H25BrN4OSi/c1-5-22-12-16(15-8-18(19)20-10-17(15)22)14-9-21-23(11-14)13-24-6-7-25(2,3)4/h8-12H,5-7,13H2,1-4H3. The van der Waals surface area contributed by atoms with Gasteiger partial charge in [0.25, 0.3) is 0 Å². The monoisotopic (exact) mass is 420 g/mol. The summed E-state index contributed by atoms with van der Waals surface area (Å²) in [6.45, 7) is 11.4. The number of pyridine rings is 1. The topological polar surface area (TPSA) is 44.9 Å². The van der Waals surface area contributed by atoms with Crippen molar-refractivity contribution < 1.29 is 4.74 Å². The fourth-order valence-electron chi connectivity index (χ4n) is 2.76. The van der Waals surface area contributed by atoms with E-state index in [-0.39, 0.29) is 0 Å². The van der Waals surface area contributed by atoms with Crippen LogP contribution in [0.3, 0.4) is 0 Å². The number of nitrogens with zero attached hydrogens (tertiary/aromatic N) is 4. The summed E-state index contributed by atoms with van der Waals surface area (Å²) in [5.41, 5.74) is 3.41. The Labute approximate surface area is 158 Å². The first-order valence-electron chi connectivity index (χ1n) is 8.62. The van der Waals surface area contributed by atoms with Gasteiger partial charge in [-0.2, -0.15) is 5.10 Å². The van der Waals surface area contributed by atoms with Gasteiger partial charge in [0.05, 0.1) is 17.9 Å². The molecule has 0 amide bonds. The molecule has 3 aromatic rings. The van der Waals surface area contributed by atoms with E-state index in [1.165, 1.54) is 17.0 Å². The van der Waals surface area contributed by atoms with Crippen molar-refractivity contribution in [1.29, 1.82) is 0 Å². The van der Waals surface area contributed by atoms with E-state index < -0.39 is 8.07 Å². The second-order valence-corrected chi connectivity index (χ2v) is 13.9. The van der Waals surface area contributed by atoms with Crippen LogP contribution in [0.1, 0.15) is 6.92 Å². The third-order valence-corrected chi connectivity index (χ3v) is 6.38. The van der Waals surface area contributed by atoms with Crippen molar-refractivity contribution in [3.05, 3.63) is 35.5 Å². The Morgan fingerprint density at radius 3 is 2.72 bits per heavy atom. The SMILES string of the molecule is CCn1cc(-c2cnn(COCC[Si](C)(C)C)c2)c2cc(Br)ncc21. The number of rotatable bonds is 7. The van der Waals surface area contributed by atoms with Crippen LogP contribution in [0.2, 0.25) is 25.7 Å². The predicted octanol–water partition coefficient (Wildman–Crippen LogP) is 4.99. The quantitative estimate of drug-likeness (QED) is 0.307. The molecule has 0 saturated carbocycles. The maximum atomic E-state index is 5.79. The predicted molar refractivity (Wildman–Crippen MR) is 108 cm³/mol. The Hall–Kier alpha value is -1.44. The Bertz CT molecular complexity index is 866. The molecule has 3 rings (SSSR count). The summed E-state index contributed by atoms with van der Waals surface area (Å²) in [6, 6.07) is 3.24. The summed E-state index contributed by atoms with van der Waals surface area (Å²) < 4.78 is 10.7. The van der Waals surface area contributed by atoms with E-state index >= 15 is 0 Å². The van der Waals surface area contributed by atoms with E-state index in [9.17, 15) is 0 Å². The Morgan fingerprint density at radius 1 is 1.20 bits per heavy atom. The van der Waals surface area contributed by atoms with Gasteiger partial charge in [-0.3, -0.25) is 0 Å². The van der Waals surface area contributed by atoms with Crippen LogP contribution in [-0.2, 0) is 18.0 Å². The van der Waals surface area contributed by atoms with Gasteiger partial charge in [0, 0.05) is 50.1 Å². The van der Waals surface area contributed by atoms with Crippen molar-refractivity contribution in [2.75, 3.05) is 6.61 Å². The minimum atomic E-state index is -1.05. The third-order valence-electron chi connectivity index (χ3n) is 4.24. The van der Waals surface area contributed by atoms with E-state index in [0.717, 1.165) is 28.8 Å². The van der Waals surface area contributed by atoms with E-state index in [1.807, 2.05) is 17.1 Å². The molecule has 0 bridgehead atoms. The van der Waals surface area contributed by atoms with Gasteiger partial charge < -0.3 is 9.30 Å². The largest absolute Gasteiger partial charge is 0.360 e. The number of hydrogen-bond acceptors (Lipinski definition) is 3. The molecule has 0 unspecified atom stereocenters. The summed E-state index contributed by atoms with van der Waals surface area (Å²) in [5.74, 6) is 0. The first-order valence-corrected chi connectivity index (χ1v) is 13.1. The molecule has 7 heteroatoms. The van der Waals surface area contributed by atoms with Crippen LogP contribution in [-0.4, -0.2) is 34.0 Å². The van der Waals surface area contributed by atoms with Crippen LogP contribution >= 0.6 is 15.9 Å². The maximum absolute atomic E-state index is 5.79. The molecular formula is C18H25BrN4OSi. The molecule has 0 aliphatic carbocycles. The number of halogens is 1. The third kappa shape index (κ3) is 4.40. The highest BCUT2D eigenvalue weighted by atomic mass is 79.9. The van der Waals surface area contributed by atoms with Crippen molar-refractivity contribution in [1.82, 2.24) is 19.3 Å². The van der Waals surface area contributed by atoms with Crippen molar-refractivity contribution in [3.63, 3.8) is 0 Å². The molecular weight excluding hydrogens is 396 g/mol. The van der Waals surface area contributed by atoms with Gasteiger partial charge in [-0.05, 0) is 35.0 Å². The number of fused-ring (bicyclic) bond motifs is 1. The highest BCUT2D eigenvalue weighted by Gasteiger charge is 2.14. The first kappa shape index (κ1) is 18.4. The number of aryl methyl sites for hydroxylation is 1. The molecule has 0 aliphatic heterocycles. The number of aromatic nitrogens is 4. The lowest BCUT2D eigenvalue weighted by Crippen LogP contribution is -2.22. The summed E-state index contributed by atoms with van der Waals surface area (Å²) in [6.07, 6.45) is 8.05. The summed E-state index contributed by atoms with van der Waals surface area (Å²) in [7, 11) is -1.05. The minimum absolute atomic E-state index is 0.502. The van der Waals surface area contributed by atoms with Crippen molar-refractivity contribution >= 4 is 34.9 Å². The van der Waals surface area contributed by atoms with Crippen LogP contribution in [0.15, 0.2) is 35.5 Å². The molecule has 5 nitrogen and oxygen atoms in total. The molecule has 0 aromatic carbocycles. The van der Waals surface area contributed by atoms with Crippen LogP contribution in [0.25, 0.3) is 22.0 Å². The zero-order valence-corrected chi connectivity index (χ0v) is 17.9. The van der Waals surface area contributed by atoms with Crippen molar-refractivity contribution in [2.24, 2.45) is 0 Å². The number of hydrogen-bond donors (Lipinski definition) is 0.